The van der Waals surface area contributed by atoms with Crippen molar-refractivity contribution in [3.8, 4) is 0 Å². The van der Waals surface area contributed by atoms with Gasteiger partial charge in [0.25, 0.3) is 0 Å². The first-order valence-corrected chi connectivity index (χ1v) is 2.75. The molecule has 2 heterocycles. The van der Waals surface area contributed by atoms with Crippen molar-refractivity contribution in [1.82, 2.24) is 0 Å². The van der Waals surface area contributed by atoms with Gasteiger partial charge < -0.3 is 4.74 Å². The third-order valence-electron chi connectivity index (χ3n) is 1.26. The smallest absolute Gasteiger partial charge is 0.330 e. The lowest BCUT2D eigenvalue weighted by Crippen LogP contribution is -2.25. The Morgan fingerprint density at radius 2 is 2.60 bits per heavy atom. The van der Waals surface area contributed by atoms with Crippen LogP contribution in [-0.4, -0.2) is 23.7 Å². The highest BCUT2D eigenvalue weighted by Crippen LogP contribution is 2.16. The summed E-state index contributed by atoms with van der Waals surface area (Å²) in [7, 11) is 0. The van der Waals surface area contributed by atoms with Crippen molar-refractivity contribution < 1.29 is 9.50 Å². The summed E-state index contributed by atoms with van der Waals surface area (Å²) >= 11 is 0. The van der Waals surface area contributed by atoms with Crippen molar-refractivity contribution in [1.29, 1.82) is 0 Å². The second-order valence-corrected chi connectivity index (χ2v) is 1.90. The van der Waals surface area contributed by atoms with Gasteiger partial charge in [-0.3, -0.25) is 0 Å². The number of nitroso groups, excluding NO2 is 1. The molecule has 0 bridgehead atoms. The minimum absolute atomic E-state index is 0.553. The highest BCUT2D eigenvalue weighted by molar-refractivity contribution is 5.56. The molecule has 10 heavy (non-hydrogen) atoms. The van der Waals surface area contributed by atoms with Gasteiger partial charge in [-0.2, -0.15) is 0 Å². The zero-order valence-electron chi connectivity index (χ0n) is 4.97. The van der Waals surface area contributed by atoms with Crippen LogP contribution in [-0.2, 0) is 4.74 Å². The van der Waals surface area contributed by atoms with Crippen LogP contribution in [0.25, 0.3) is 0 Å². The Morgan fingerprint density at radius 1 is 1.70 bits per heavy atom. The van der Waals surface area contributed by atoms with Crippen LogP contribution < -0.4 is 0 Å². The molecule has 0 aliphatic carbocycles. The standard InChI is InChI=1S/C5H4N3O2/c9-8-2-6-1-4-5(8)10-3-7-4/h1-3,5H/q+1. The molecule has 0 aromatic carbocycles. The molecule has 0 aromatic rings. The molecule has 1 atom stereocenters. The number of ether oxygens (including phenoxy) is 1. The monoisotopic (exact) mass is 138 g/mol. The number of nitrogens with zero attached hydrogens (tertiary/aromatic N) is 3. The van der Waals surface area contributed by atoms with E-state index in [0.29, 0.717) is 10.5 Å². The van der Waals surface area contributed by atoms with E-state index >= 15 is 0 Å². The third-order valence-corrected chi connectivity index (χ3v) is 1.26. The summed E-state index contributed by atoms with van der Waals surface area (Å²) in [5.41, 5.74) is 0.553. The fourth-order valence-electron chi connectivity index (χ4n) is 0.806. The van der Waals surface area contributed by atoms with E-state index in [-0.39, 0.29) is 0 Å². The van der Waals surface area contributed by atoms with Crippen LogP contribution in [0.5, 0.6) is 0 Å². The van der Waals surface area contributed by atoms with Gasteiger partial charge in [0.05, 0.1) is 0 Å². The van der Waals surface area contributed by atoms with Crippen LogP contribution in [0.3, 0.4) is 0 Å². The Kier molecular flexibility index (Phi) is 0.913. The summed E-state index contributed by atoms with van der Waals surface area (Å²) in [6, 6.07) is 0. The lowest BCUT2D eigenvalue weighted by atomic mass is 10.4. The van der Waals surface area contributed by atoms with Gasteiger partial charge in [-0.25, -0.2) is 4.99 Å². The summed E-state index contributed by atoms with van der Waals surface area (Å²) in [6.07, 6.45) is 3.30. The van der Waals surface area contributed by atoms with E-state index in [0.717, 1.165) is 6.34 Å². The molecule has 0 spiro atoms. The molecule has 0 N–H and O–H groups in total. The maximum absolute atomic E-state index is 10.8. The maximum atomic E-state index is 10.8. The first-order valence-electron chi connectivity index (χ1n) is 2.75. The zero-order valence-corrected chi connectivity index (χ0v) is 4.97. The Labute approximate surface area is 56.3 Å². The quantitative estimate of drug-likeness (QED) is 0.443. The van der Waals surface area contributed by atoms with E-state index in [1.54, 1.807) is 0 Å². The molecule has 5 heteroatoms. The lowest BCUT2D eigenvalue weighted by molar-refractivity contribution is -0.502. The van der Waals surface area contributed by atoms with Gasteiger partial charge in [0.15, 0.2) is 18.3 Å². The largest absolute Gasteiger partial charge is 0.432 e. The molecular formula is C5H4N3O2+. The van der Waals surface area contributed by atoms with Crippen LogP contribution in [0, 0.1) is 4.91 Å². The molecule has 1 unspecified atom stereocenters. The van der Waals surface area contributed by atoms with E-state index < -0.39 is 6.23 Å². The molecule has 50 valence electrons. The summed E-state index contributed by atoms with van der Waals surface area (Å²) in [5.74, 6) is 0. The lowest BCUT2D eigenvalue weighted by Gasteiger charge is -2.01. The van der Waals surface area contributed by atoms with Crippen LogP contribution in [0.15, 0.2) is 21.9 Å². The third kappa shape index (κ3) is 0.570. The van der Waals surface area contributed by atoms with Crippen LogP contribution >= 0.6 is 0 Å². The topological polar surface area (TPSA) is 54.0 Å². The molecule has 0 aromatic heterocycles. The number of hydrogen-bond acceptors (Lipinski definition) is 4. The highest BCUT2D eigenvalue weighted by atomic mass is 16.5. The predicted octanol–water partition coefficient (Wildman–Crippen LogP) is 0.0332. The summed E-state index contributed by atoms with van der Waals surface area (Å²) in [4.78, 5) is 18.2. The van der Waals surface area contributed by atoms with E-state index in [1.165, 1.54) is 12.6 Å². The Bertz CT molecular complexity index is 266. The molecule has 0 saturated heterocycles. The number of rotatable bonds is 0. The van der Waals surface area contributed by atoms with Gasteiger partial charge in [0.1, 0.15) is 0 Å². The van der Waals surface area contributed by atoms with Gasteiger partial charge in [-0.15, -0.1) is 0 Å². The fraction of sp³-hybridized carbons (Fsp3) is 0.200. The van der Waals surface area contributed by atoms with Gasteiger partial charge in [0, 0.05) is 4.76 Å². The number of fused-ring (bicyclic) bond motifs is 1. The highest BCUT2D eigenvalue weighted by Gasteiger charge is 2.33. The Hall–Kier alpha value is -1.52. The minimum atomic E-state index is -0.600. The molecule has 2 rings (SSSR count). The number of hydrogen-bond donors (Lipinski definition) is 0. The Morgan fingerprint density at radius 3 is 3.40 bits per heavy atom. The van der Waals surface area contributed by atoms with Crippen LogP contribution in [0.4, 0.5) is 0 Å². The van der Waals surface area contributed by atoms with Gasteiger partial charge in [0.2, 0.25) is 0 Å². The van der Waals surface area contributed by atoms with Crippen LogP contribution in [0.1, 0.15) is 0 Å². The predicted molar refractivity (Wildman–Crippen MR) is 33.6 cm³/mol. The first kappa shape index (κ1) is 5.28. The average Bonchev–Trinajstić information content (AvgIpc) is 2.36. The van der Waals surface area contributed by atoms with Crippen molar-refractivity contribution in [3.05, 3.63) is 16.8 Å². The Balaban J connectivity index is 2.40. The van der Waals surface area contributed by atoms with E-state index in [2.05, 4.69) is 9.98 Å². The van der Waals surface area contributed by atoms with Gasteiger partial charge >= 0.3 is 12.6 Å². The van der Waals surface area contributed by atoms with Crippen molar-refractivity contribution in [3.63, 3.8) is 0 Å². The molecule has 0 fully saturated rings. The van der Waals surface area contributed by atoms with E-state index in [1.807, 2.05) is 0 Å². The zero-order chi connectivity index (χ0) is 6.97. The molecule has 0 radical (unpaired) electrons. The van der Waals surface area contributed by atoms with Gasteiger partial charge in [-0.1, -0.05) is 9.90 Å². The summed E-state index contributed by atoms with van der Waals surface area (Å²) in [6.45, 7) is 0. The second kappa shape index (κ2) is 1.73. The van der Waals surface area contributed by atoms with Crippen molar-refractivity contribution in [2.24, 2.45) is 9.98 Å². The second-order valence-electron chi connectivity index (χ2n) is 1.90. The average molecular weight is 138 g/mol. The number of aliphatic imine (C=N–C) groups is 2. The minimum Gasteiger partial charge on any atom is -0.432 e. The molecular weight excluding hydrogens is 134 g/mol. The van der Waals surface area contributed by atoms with Crippen molar-refractivity contribution in [2.75, 3.05) is 0 Å². The molecule has 0 amide bonds. The summed E-state index contributed by atoms with van der Waals surface area (Å²) in [5, 5.41) is 0. The molecule has 0 saturated carbocycles. The molecule has 5 nitrogen and oxygen atoms in total. The first-order chi connectivity index (χ1) is 4.88. The van der Waals surface area contributed by atoms with E-state index in [9.17, 15) is 4.91 Å². The van der Waals surface area contributed by atoms with Gasteiger partial charge in [-0.05, 0) is 0 Å². The van der Waals surface area contributed by atoms with Crippen molar-refractivity contribution >= 4 is 12.7 Å². The maximum Gasteiger partial charge on any atom is 0.330 e. The summed E-state index contributed by atoms with van der Waals surface area (Å²) < 4.78 is 5.44. The van der Waals surface area contributed by atoms with Crippen molar-refractivity contribution in [2.45, 2.75) is 6.23 Å². The van der Waals surface area contributed by atoms with Crippen LogP contribution in [0.2, 0.25) is 0 Å². The SMILES string of the molecule is O=[N+]1C=NC=C2N=COC21. The molecule has 2 aliphatic rings. The molecule has 2 aliphatic heterocycles. The normalized spacial score (nSPS) is 27.8. The fourth-order valence-corrected chi connectivity index (χ4v) is 0.806. The van der Waals surface area contributed by atoms with E-state index in [4.69, 9.17) is 4.74 Å².